The summed E-state index contributed by atoms with van der Waals surface area (Å²) in [5, 5.41) is 9.42. The number of aliphatic carboxylic acids is 1. The highest BCUT2D eigenvalue weighted by molar-refractivity contribution is 5.76. The molecule has 3 N–H and O–H groups in total. The highest BCUT2D eigenvalue weighted by Crippen LogP contribution is 2.35. The lowest BCUT2D eigenvalue weighted by Gasteiger charge is -2.40. The summed E-state index contributed by atoms with van der Waals surface area (Å²) in [5.41, 5.74) is 10.4. The van der Waals surface area contributed by atoms with E-state index in [1.54, 1.807) is 0 Å². The minimum absolute atomic E-state index is 0.342. The molecular weight excluding hydrogens is 276 g/mol. The van der Waals surface area contributed by atoms with Crippen molar-refractivity contribution in [3.8, 4) is 0 Å². The molecule has 0 radical (unpaired) electrons. The molecule has 2 unspecified atom stereocenters. The molecule has 0 bridgehead atoms. The van der Waals surface area contributed by atoms with Crippen LogP contribution in [0.3, 0.4) is 0 Å². The number of nitrogens with zero attached hydrogens (tertiary/aromatic N) is 1. The van der Waals surface area contributed by atoms with Crippen molar-refractivity contribution in [1.82, 2.24) is 0 Å². The Balaban J connectivity index is 2.06. The van der Waals surface area contributed by atoms with Gasteiger partial charge in [-0.15, -0.1) is 0 Å². The van der Waals surface area contributed by atoms with Crippen LogP contribution in [0.2, 0.25) is 0 Å². The molecule has 1 aliphatic heterocycles. The summed E-state index contributed by atoms with van der Waals surface area (Å²) in [4.78, 5) is 13.6. The fraction of sp³-hybridized carbons (Fsp3) is 0.278. The largest absolute Gasteiger partial charge is 0.480 e. The second-order valence-electron chi connectivity index (χ2n) is 5.79. The topological polar surface area (TPSA) is 66.6 Å². The predicted molar refractivity (Wildman–Crippen MR) is 87.0 cm³/mol. The van der Waals surface area contributed by atoms with Gasteiger partial charge in [-0.25, -0.2) is 0 Å². The molecule has 3 rings (SSSR count). The molecule has 2 aromatic rings. The van der Waals surface area contributed by atoms with Gasteiger partial charge in [-0.1, -0.05) is 42.0 Å². The number of fused-ring (bicyclic) bond motifs is 1. The van der Waals surface area contributed by atoms with Gasteiger partial charge in [-0.05, 0) is 36.6 Å². The Labute approximate surface area is 130 Å². The monoisotopic (exact) mass is 296 g/mol. The molecule has 0 amide bonds. The third kappa shape index (κ3) is 2.57. The Kier molecular flexibility index (Phi) is 3.86. The molecule has 0 spiro atoms. The normalized spacial score (nSPS) is 18.6. The standard InChI is InChI=1S/C18H20N2O2/c1-12-6-8-14(9-7-12)20-11-10-13-4-2-3-5-15(13)17(20)16(19)18(21)22/h2-9,16-17H,10-11,19H2,1H3,(H,21,22). The van der Waals surface area contributed by atoms with Crippen LogP contribution in [-0.4, -0.2) is 23.7 Å². The smallest absolute Gasteiger partial charge is 0.322 e. The van der Waals surface area contributed by atoms with Gasteiger partial charge in [0.2, 0.25) is 0 Å². The van der Waals surface area contributed by atoms with Crippen molar-refractivity contribution in [3.05, 3.63) is 65.2 Å². The van der Waals surface area contributed by atoms with E-state index in [0.717, 1.165) is 24.2 Å². The maximum atomic E-state index is 11.5. The van der Waals surface area contributed by atoms with Gasteiger partial charge in [-0.3, -0.25) is 4.79 Å². The van der Waals surface area contributed by atoms with E-state index in [9.17, 15) is 9.90 Å². The number of rotatable bonds is 3. The Bertz CT molecular complexity index is 682. The van der Waals surface area contributed by atoms with Gasteiger partial charge in [-0.2, -0.15) is 0 Å². The summed E-state index contributed by atoms with van der Waals surface area (Å²) in [6, 6.07) is 14.8. The molecule has 0 aromatic heterocycles. The van der Waals surface area contributed by atoms with Crippen molar-refractivity contribution in [2.75, 3.05) is 11.4 Å². The fourth-order valence-electron chi connectivity index (χ4n) is 3.15. The van der Waals surface area contributed by atoms with Crippen LogP contribution in [0.1, 0.15) is 22.7 Å². The summed E-state index contributed by atoms with van der Waals surface area (Å²) >= 11 is 0. The van der Waals surface area contributed by atoms with E-state index in [4.69, 9.17) is 5.73 Å². The van der Waals surface area contributed by atoms with E-state index in [2.05, 4.69) is 11.0 Å². The average Bonchev–Trinajstić information content (AvgIpc) is 2.54. The molecular formula is C18H20N2O2. The van der Waals surface area contributed by atoms with Crippen LogP contribution in [0.25, 0.3) is 0 Å². The number of anilines is 1. The molecule has 4 heteroatoms. The van der Waals surface area contributed by atoms with Crippen LogP contribution >= 0.6 is 0 Å². The van der Waals surface area contributed by atoms with Crippen molar-refractivity contribution in [3.63, 3.8) is 0 Å². The van der Waals surface area contributed by atoms with Crippen molar-refractivity contribution < 1.29 is 9.90 Å². The minimum Gasteiger partial charge on any atom is -0.480 e. The first-order valence-corrected chi connectivity index (χ1v) is 7.47. The molecule has 114 valence electrons. The quantitative estimate of drug-likeness (QED) is 0.913. The van der Waals surface area contributed by atoms with Gasteiger partial charge in [0.15, 0.2) is 0 Å². The van der Waals surface area contributed by atoms with Crippen LogP contribution in [0.4, 0.5) is 5.69 Å². The maximum absolute atomic E-state index is 11.5. The van der Waals surface area contributed by atoms with Gasteiger partial charge in [0.25, 0.3) is 0 Å². The molecule has 0 fully saturated rings. The zero-order chi connectivity index (χ0) is 15.7. The third-order valence-corrected chi connectivity index (χ3v) is 4.32. The third-order valence-electron chi connectivity index (χ3n) is 4.32. The second kappa shape index (κ2) is 5.81. The summed E-state index contributed by atoms with van der Waals surface area (Å²) in [6.07, 6.45) is 0.896. The van der Waals surface area contributed by atoms with Crippen molar-refractivity contribution in [2.24, 2.45) is 5.73 Å². The van der Waals surface area contributed by atoms with E-state index in [0.29, 0.717) is 0 Å². The minimum atomic E-state index is -0.973. The number of carbonyl (C=O) groups is 1. The number of carboxylic acids is 1. The number of benzene rings is 2. The number of aryl methyl sites for hydroxylation is 1. The Morgan fingerprint density at radius 1 is 1.23 bits per heavy atom. The Hall–Kier alpha value is -2.33. The first-order valence-electron chi connectivity index (χ1n) is 7.47. The van der Waals surface area contributed by atoms with Gasteiger partial charge in [0.05, 0.1) is 6.04 Å². The zero-order valence-corrected chi connectivity index (χ0v) is 12.6. The first kappa shape index (κ1) is 14.6. The molecule has 0 aliphatic carbocycles. The summed E-state index contributed by atoms with van der Waals surface area (Å²) < 4.78 is 0. The first-order chi connectivity index (χ1) is 10.6. The zero-order valence-electron chi connectivity index (χ0n) is 12.6. The number of hydrogen-bond acceptors (Lipinski definition) is 3. The molecule has 1 aliphatic rings. The highest BCUT2D eigenvalue weighted by Gasteiger charge is 2.35. The fourth-order valence-corrected chi connectivity index (χ4v) is 3.15. The number of nitrogens with two attached hydrogens (primary N) is 1. The number of hydrogen-bond donors (Lipinski definition) is 2. The highest BCUT2D eigenvalue weighted by atomic mass is 16.4. The second-order valence-corrected chi connectivity index (χ2v) is 5.79. The maximum Gasteiger partial charge on any atom is 0.322 e. The van der Waals surface area contributed by atoms with E-state index in [-0.39, 0.29) is 6.04 Å². The van der Waals surface area contributed by atoms with Crippen molar-refractivity contribution >= 4 is 11.7 Å². The van der Waals surface area contributed by atoms with Crippen LogP contribution < -0.4 is 10.6 Å². The summed E-state index contributed by atoms with van der Waals surface area (Å²) in [6.45, 7) is 2.81. The summed E-state index contributed by atoms with van der Waals surface area (Å²) in [5.74, 6) is -0.973. The van der Waals surface area contributed by atoms with Gasteiger partial charge in [0, 0.05) is 12.2 Å². The molecule has 0 saturated carbocycles. The van der Waals surface area contributed by atoms with Gasteiger partial charge < -0.3 is 15.7 Å². The SMILES string of the molecule is Cc1ccc(N2CCc3ccccc3C2C(N)C(=O)O)cc1. The molecule has 2 aromatic carbocycles. The lowest BCUT2D eigenvalue weighted by Crippen LogP contribution is -2.49. The molecule has 0 saturated heterocycles. The average molecular weight is 296 g/mol. The van der Waals surface area contributed by atoms with Crippen LogP contribution in [0, 0.1) is 6.92 Å². The lowest BCUT2D eigenvalue weighted by atomic mass is 9.88. The van der Waals surface area contributed by atoms with E-state index in [1.807, 2.05) is 49.4 Å². The lowest BCUT2D eigenvalue weighted by molar-refractivity contribution is -0.139. The molecule has 1 heterocycles. The van der Waals surface area contributed by atoms with Crippen molar-refractivity contribution in [2.45, 2.75) is 25.4 Å². The van der Waals surface area contributed by atoms with Crippen LogP contribution in [0.5, 0.6) is 0 Å². The molecule has 2 atom stereocenters. The van der Waals surface area contributed by atoms with Crippen LogP contribution in [-0.2, 0) is 11.2 Å². The van der Waals surface area contributed by atoms with E-state index >= 15 is 0 Å². The van der Waals surface area contributed by atoms with Crippen LogP contribution in [0.15, 0.2) is 48.5 Å². The van der Waals surface area contributed by atoms with Crippen molar-refractivity contribution in [1.29, 1.82) is 0 Å². The molecule has 22 heavy (non-hydrogen) atoms. The Morgan fingerprint density at radius 3 is 2.59 bits per heavy atom. The molecule has 4 nitrogen and oxygen atoms in total. The van der Waals surface area contributed by atoms with Gasteiger partial charge >= 0.3 is 5.97 Å². The Morgan fingerprint density at radius 2 is 1.91 bits per heavy atom. The predicted octanol–water partition coefficient (Wildman–Crippen LogP) is 2.51. The van der Waals surface area contributed by atoms with E-state index in [1.165, 1.54) is 11.1 Å². The summed E-state index contributed by atoms with van der Waals surface area (Å²) in [7, 11) is 0. The van der Waals surface area contributed by atoms with E-state index < -0.39 is 12.0 Å². The van der Waals surface area contributed by atoms with Gasteiger partial charge in [0.1, 0.15) is 6.04 Å². The number of carboxylic acid groups (broad SMARTS) is 1.